The van der Waals surface area contributed by atoms with Gasteiger partial charge in [0.25, 0.3) is 11.6 Å². The van der Waals surface area contributed by atoms with Gasteiger partial charge in [-0.25, -0.2) is 9.59 Å². The summed E-state index contributed by atoms with van der Waals surface area (Å²) in [6.07, 6.45) is -1.24. The third-order valence-corrected chi connectivity index (χ3v) is 4.34. The summed E-state index contributed by atoms with van der Waals surface area (Å²) < 4.78 is 20.8. The molecule has 0 saturated carbocycles. The summed E-state index contributed by atoms with van der Waals surface area (Å²) in [4.78, 5) is 47.3. The predicted molar refractivity (Wildman–Crippen MR) is 110 cm³/mol. The number of anilines is 1. The van der Waals surface area contributed by atoms with Crippen molar-refractivity contribution < 1.29 is 38.3 Å². The topological polar surface area (TPSA) is 143 Å². The number of nitrogens with one attached hydrogen (secondary N) is 1. The van der Waals surface area contributed by atoms with Gasteiger partial charge in [0.2, 0.25) is 0 Å². The Kier molecular flexibility index (Phi) is 6.88. The Morgan fingerprint density at radius 3 is 2.38 bits per heavy atom. The highest BCUT2D eigenvalue weighted by Crippen LogP contribution is 2.32. The van der Waals surface area contributed by atoms with E-state index >= 15 is 0 Å². The SMILES string of the molecule is CCOC(=O)c1cc(C(=O)OC(C)C(=O)Nc2ccc3c(c2)OCCO3)cc([N+](=O)[O-])c1. The zero-order valence-electron chi connectivity index (χ0n) is 17.3. The number of ether oxygens (including phenoxy) is 4. The van der Waals surface area contributed by atoms with Gasteiger partial charge in [0.05, 0.1) is 22.7 Å². The molecule has 1 aliphatic heterocycles. The quantitative estimate of drug-likeness (QED) is 0.387. The average Bonchev–Trinajstić information content (AvgIpc) is 2.78. The zero-order valence-corrected chi connectivity index (χ0v) is 17.3. The molecule has 0 aliphatic carbocycles. The number of non-ortho nitro benzene ring substituents is 1. The van der Waals surface area contributed by atoms with Gasteiger partial charge in [-0.1, -0.05) is 0 Å². The second kappa shape index (κ2) is 9.77. The normalized spacial score (nSPS) is 12.9. The van der Waals surface area contributed by atoms with Gasteiger partial charge in [0.15, 0.2) is 17.6 Å². The van der Waals surface area contributed by atoms with Crippen LogP contribution in [-0.2, 0) is 14.3 Å². The fraction of sp³-hybridized carbons (Fsp3) is 0.286. The van der Waals surface area contributed by atoms with E-state index in [1.54, 1.807) is 25.1 Å². The number of nitro benzene ring substituents is 1. The van der Waals surface area contributed by atoms with Crippen LogP contribution in [0.3, 0.4) is 0 Å². The molecule has 0 saturated heterocycles. The van der Waals surface area contributed by atoms with Crippen molar-refractivity contribution in [3.05, 3.63) is 57.6 Å². The maximum absolute atomic E-state index is 12.5. The lowest BCUT2D eigenvalue weighted by molar-refractivity contribution is -0.384. The maximum Gasteiger partial charge on any atom is 0.339 e. The highest BCUT2D eigenvalue weighted by atomic mass is 16.6. The van der Waals surface area contributed by atoms with Gasteiger partial charge in [-0.2, -0.15) is 0 Å². The minimum atomic E-state index is -1.24. The molecule has 1 amide bonds. The molecule has 32 heavy (non-hydrogen) atoms. The standard InChI is InChI=1S/C21H20N2O9/c1-3-29-20(25)13-8-14(10-16(9-13)23(27)28)21(26)32-12(2)19(24)22-15-4-5-17-18(11-15)31-7-6-30-17/h4-5,8-12H,3,6-7H2,1-2H3,(H,22,24). The first-order chi connectivity index (χ1) is 15.3. The number of fused-ring (bicyclic) bond motifs is 1. The Morgan fingerprint density at radius 2 is 1.72 bits per heavy atom. The van der Waals surface area contributed by atoms with Crippen LogP contribution in [0.2, 0.25) is 0 Å². The van der Waals surface area contributed by atoms with Crippen molar-refractivity contribution in [3.8, 4) is 11.5 Å². The van der Waals surface area contributed by atoms with Gasteiger partial charge in [-0.05, 0) is 32.0 Å². The summed E-state index contributed by atoms with van der Waals surface area (Å²) in [5.41, 5.74) is -0.527. The minimum Gasteiger partial charge on any atom is -0.486 e. The van der Waals surface area contributed by atoms with E-state index in [4.69, 9.17) is 18.9 Å². The number of hydrogen-bond acceptors (Lipinski definition) is 9. The number of nitro groups is 1. The smallest absolute Gasteiger partial charge is 0.339 e. The van der Waals surface area contributed by atoms with Crippen LogP contribution in [0, 0.1) is 10.1 Å². The Bertz CT molecular complexity index is 1070. The molecule has 168 valence electrons. The van der Waals surface area contributed by atoms with Crippen LogP contribution in [0.1, 0.15) is 34.6 Å². The van der Waals surface area contributed by atoms with Crippen molar-refractivity contribution >= 4 is 29.2 Å². The monoisotopic (exact) mass is 444 g/mol. The minimum absolute atomic E-state index is 0.0539. The van der Waals surface area contributed by atoms with E-state index in [1.807, 2.05) is 0 Å². The summed E-state index contributed by atoms with van der Waals surface area (Å²) in [6, 6.07) is 7.88. The number of amides is 1. The Balaban J connectivity index is 1.71. The van der Waals surface area contributed by atoms with Crippen LogP contribution in [0.5, 0.6) is 11.5 Å². The molecule has 2 aromatic rings. The molecule has 1 heterocycles. The molecule has 0 radical (unpaired) electrons. The van der Waals surface area contributed by atoms with E-state index in [0.717, 1.165) is 18.2 Å². The van der Waals surface area contributed by atoms with E-state index in [2.05, 4.69) is 5.32 Å². The zero-order chi connectivity index (χ0) is 23.3. The molecule has 11 nitrogen and oxygen atoms in total. The number of nitrogens with zero attached hydrogens (tertiary/aromatic N) is 1. The molecule has 11 heteroatoms. The van der Waals surface area contributed by atoms with Gasteiger partial charge >= 0.3 is 11.9 Å². The number of hydrogen-bond donors (Lipinski definition) is 1. The molecular weight excluding hydrogens is 424 g/mol. The van der Waals surface area contributed by atoms with Crippen LogP contribution < -0.4 is 14.8 Å². The molecule has 0 aromatic heterocycles. The number of benzene rings is 2. The molecule has 1 atom stereocenters. The van der Waals surface area contributed by atoms with E-state index in [-0.39, 0.29) is 17.7 Å². The lowest BCUT2D eigenvalue weighted by Crippen LogP contribution is -2.30. The van der Waals surface area contributed by atoms with Crippen LogP contribution in [-0.4, -0.2) is 48.7 Å². The first-order valence-electron chi connectivity index (χ1n) is 9.66. The lowest BCUT2D eigenvalue weighted by atomic mass is 10.1. The van der Waals surface area contributed by atoms with Crippen LogP contribution in [0.25, 0.3) is 0 Å². The van der Waals surface area contributed by atoms with Gasteiger partial charge in [0, 0.05) is 23.9 Å². The van der Waals surface area contributed by atoms with Crippen molar-refractivity contribution in [3.63, 3.8) is 0 Å². The third kappa shape index (κ3) is 5.31. The summed E-state index contributed by atoms with van der Waals surface area (Å²) in [5.74, 6) is -1.44. The molecule has 1 aliphatic rings. The second-order valence-electron chi connectivity index (χ2n) is 6.64. The van der Waals surface area contributed by atoms with Crippen LogP contribution in [0.15, 0.2) is 36.4 Å². The first kappa shape index (κ1) is 22.5. The van der Waals surface area contributed by atoms with Crippen LogP contribution >= 0.6 is 0 Å². The second-order valence-corrected chi connectivity index (χ2v) is 6.64. The van der Waals surface area contributed by atoms with E-state index < -0.39 is 34.6 Å². The molecule has 0 fully saturated rings. The average molecular weight is 444 g/mol. The van der Waals surface area contributed by atoms with Gasteiger partial charge in [-0.15, -0.1) is 0 Å². The number of esters is 2. The van der Waals surface area contributed by atoms with Gasteiger partial charge < -0.3 is 24.3 Å². The van der Waals surface area contributed by atoms with Crippen molar-refractivity contribution in [2.75, 3.05) is 25.1 Å². The van der Waals surface area contributed by atoms with Crippen molar-refractivity contribution in [2.24, 2.45) is 0 Å². The van der Waals surface area contributed by atoms with E-state index in [1.165, 1.54) is 6.92 Å². The Morgan fingerprint density at radius 1 is 1.06 bits per heavy atom. The third-order valence-electron chi connectivity index (χ3n) is 4.34. The fourth-order valence-corrected chi connectivity index (χ4v) is 2.81. The molecular formula is C21H20N2O9. The van der Waals surface area contributed by atoms with Gasteiger partial charge in [-0.3, -0.25) is 14.9 Å². The van der Waals surface area contributed by atoms with Crippen molar-refractivity contribution in [1.82, 2.24) is 0 Å². The summed E-state index contributed by atoms with van der Waals surface area (Å²) >= 11 is 0. The van der Waals surface area contributed by atoms with Crippen molar-refractivity contribution in [1.29, 1.82) is 0 Å². The van der Waals surface area contributed by atoms with E-state index in [0.29, 0.717) is 30.4 Å². The first-order valence-corrected chi connectivity index (χ1v) is 9.66. The highest BCUT2D eigenvalue weighted by Gasteiger charge is 2.24. The Labute approximate surface area is 182 Å². The summed E-state index contributed by atoms with van der Waals surface area (Å²) in [5, 5.41) is 13.8. The van der Waals surface area contributed by atoms with Crippen molar-refractivity contribution in [2.45, 2.75) is 20.0 Å². The van der Waals surface area contributed by atoms with E-state index in [9.17, 15) is 24.5 Å². The molecule has 0 bridgehead atoms. The molecule has 1 N–H and O–H groups in total. The fourth-order valence-electron chi connectivity index (χ4n) is 2.81. The highest BCUT2D eigenvalue weighted by molar-refractivity contribution is 5.99. The maximum atomic E-state index is 12.5. The molecule has 2 aromatic carbocycles. The number of rotatable bonds is 7. The lowest BCUT2D eigenvalue weighted by Gasteiger charge is -2.19. The number of carbonyl (C=O) groups is 3. The van der Waals surface area contributed by atoms with Gasteiger partial charge in [0.1, 0.15) is 13.2 Å². The largest absolute Gasteiger partial charge is 0.486 e. The molecule has 1 unspecified atom stereocenters. The predicted octanol–water partition coefficient (Wildman–Crippen LogP) is 2.73. The summed E-state index contributed by atoms with van der Waals surface area (Å²) in [6.45, 7) is 3.79. The summed E-state index contributed by atoms with van der Waals surface area (Å²) in [7, 11) is 0. The molecule has 3 rings (SSSR count). The Hall–Kier alpha value is -4.15. The van der Waals surface area contributed by atoms with Crippen LogP contribution in [0.4, 0.5) is 11.4 Å². The number of carbonyl (C=O) groups excluding carboxylic acids is 3. The molecule has 0 spiro atoms.